The van der Waals surface area contributed by atoms with Crippen LogP contribution in [0.1, 0.15) is 63.5 Å². The Balaban J connectivity index is 1.74. The Bertz CT molecular complexity index is 1460. The smallest absolute Gasteiger partial charge is 0.303 e. The molecule has 1 heterocycles. The summed E-state index contributed by atoms with van der Waals surface area (Å²) in [4.78, 5) is 8.67. The zero-order chi connectivity index (χ0) is 31.3. The summed E-state index contributed by atoms with van der Waals surface area (Å²) in [5, 5.41) is 13.2. The molecule has 0 amide bonds. The maximum absolute atomic E-state index is 15.4. The number of anilines is 1. The molecular formula is C27H32F3N3O4. The molecule has 1 aromatic heterocycles. The number of halogens is 3. The molecule has 1 aliphatic carbocycles. The fraction of sp³-hybridized carbons (Fsp3) is 0.481. The molecule has 1 saturated carbocycles. The number of ether oxygens (including phenoxy) is 3. The van der Waals surface area contributed by atoms with Crippen LogP contribution in [0.3, 0.4) is 0 Å². The molecule has 0 aliphatic heterocycles. The van der Waals surface area contributed by atoms with Gasteiger partial charge in [0.05, 0.1) is 43.7 Å². The predicted octanol–water partition coefficient (Wildman–Crippen LogP) is 5.68. The summed E-state index contributed by atoms with van der Waals surface area (Å²) in [5.74, 6) is -5.32. The van der Waals surface area contributed by atoms with Crippen molar-refractivity contribution in [1.82, 2.24) is 9.97 Å². The molecule has 10 heteroatoms. The molecule has 7 nitrogen and oxygen atoms in total. The van der Waals surface area contributed by atoms with Crippen molar-refractivity contribution in [2.75, 3.05) is 25.5 Å². The third-order valence-electron chi connectivity index (χ3n) is 6.02. The van der Waals surface area contributed by atoms with E-state index in [2.05, 4.69) is 15.3 Å². The number of methoxy groups -OCH3 is 1. The number of benzene rings is 2. The molecular weight excluding hydrogens is 487 g/mol. The molecule has 0 saturated heterocycles. The highest BCUT2D eigenvalue weighted by Gasteiger charge is 2.49. The minimum Gasteiger partial charge on any atom is -0.493 e. The molecule has 2 aromatic carbocycles. The molecule has 0 unspecified atom stereocenters. The van der Waals surface area contributed by atoms with Gasteiger partial charge in [0, 0.05) is 17.0 Å². The van der Waals surface area contributed by atoms with Gasteiger partial charge in [-0.1, -0.05) is 12.1 Å². The normalized spacial score (nSPS) is 17.8. The molecule has 2 N–H and O–H groups in total. The van der Waals surface area contributed by atoms with Crippen LogP contribution in [0.15, 0.2) is 30.3 Å². The van der Waals surface area contributed by atoms with Gasteiger partial charge in [0.2, 0.25) is 0 Å². The van der Waals surface area contributed by atoms with E-state index in [1.54, 1.807) is 6.92 Å². The largest absolute Gasteiger partial charge is 0.493 e. The fourth-order valence-electron chi connectivity index (χ4n) is 3.76. The summed E-state index contributed by atoms with van der Waals surface area (Å²) in [6.07, 6.45) is 1.55. The highest BCUT2D eigenvalue weighted by atomic mass is 19.3. The van der Waals surface area contributed by atoms with Crippen molar-refractivity contribution in [1.29, 1.82) is 0 Å². The average Bonchev–Trinajstić information content (AvgIpc) is 3.66. The highest BCUT2D eigenvalue weighted by molar-refractivity contribution is 5.92. The molecule has 200 valence electrons. The second-order valence-corrected chi connectivity index (χ2v) is 9.50. The summed E-state index contributed by atoms with van der Waals surface area (Å²) >= 11 is 0. The van der Waals surface area contributed by atoms with Gasteiger partial charge in [0.25, 0.3) is 0 Å². The third-order valence-corrected chi connectivity index (χ3v) is 6.02. The molecule has 0 bridgehead atoms. The van der Waals surface area contributed by atoms with Crippen LogP contribution in [0, 0.1) is 12.7 Å². The second kappa shape index (κ2) is 10.3. The van der Waals surface area contributed by atoms with Crippen molar-refractivity contribution >= 4 is 16.7 Å². The number of nitrogens with zero attached hydrogens (tertiary/aromatic N) is 2. The third kappa shape index (κ3) is 5.75. The van der Waals surface area contributed by atoms with Crippen LogP contribution in [0.2, 0.25) is 0 Å². The lowest BCUT2D eigenvalue weighted by Gasteiger charge is -2.30. The Kier molecular flexibility index (Phi) is 5.84. The van der Waals surface area contributed by atoms with Gasteiger partial charge >= 0.3 is 5.92 Å². The van der Waals surface area contributed by atoms with E-state index < -0.39 is 49.1 Å². The van der Waals surface area contributed by atoms with Gasteiger partial charge in [-0.25, -0.2) is 14.4 Å². The number of aryl methyl sites for hydroxylation is 1. The molecule has 0 spiro atoms. The molecule has 0 radical (unpaired) electrons. The summed E-state index contributed by atoms with van der Waals surface area (Å²) in [5.41, 5.74) is -3.43. The number of rotatable bonds is 11. The van der Waals surface area contributed by atoms with Crippen molar-refractivity contribution in [3.05, 3.63) is 53.1 Å². The second-order valence-electron chi connectivity index (χ2n) is 9.50. The van der Waals surface area contributed by atoms with Gasteiger partial charge in [0.1, 0.15) is 29.6 Å². The van der Waals surface area contributed by atoms with Crippen LogP contribution in [0.5, 0.6) is 11.5 Å². The first-order valence-corrected chi connectivity index (χ1v) is 11.7. The lowest BCUT2D eigenvalue weighted by Crippen LogP contribution is -2.41. The maximum atomic E-state index is 15.4. The van der Waals surface area contributed by atoms with E-state index >= 15 is 4.39 Å². The van der Waals surface area contributed by atoms with Crippen LogP contribution in [0.25, 0.3) is 10.9 Å². The maximum Gasteiger partial charge on any atom is 0.303 e. The van der Waals surface area contributed by atoms with Gasteiger partial charge in [-0.3, -0.25) is 0 Å². The molecule has 1 atom stereocenters. The van der Waals surface area contributed by atoms with E-state index in [0.29, 0.717) is 0 Å². The number of aliphatic hydroxyl groups is 1. The molecule has 1 aliphatic rings. The van der Waals surface area contributed by atoms with Crippen LogP contribution < -0.4 is 14.8 Å². The number of hydrogen-bond donors (Lipinski definition) is 2. The SMILES string of the molecule is [2H]C([2H])([2H])Oc1cc2nc(C)nc(N[C@H](C)c3cccc(C(F)(F)C(C)(C)O)c3F)c2cc1OC([2H])([2H])COC1CC1. The Morgan fingerprint density at radius 2 is 2.00 bits per heavy atom. The van der Waals surface area contributed by atoms with Gasteiger partial charge in [-0.2, -0.15) is 8.78 Å². The monoisotopic (exact) mass is 524 g/mol. The molecule has 3 aromatic rings. The molecule has 37 heavy (non-hydrogen) atoms. The van der Waals surface area contributed by atoms with E-state index in [4.69, 9.17) is 21.1 Å². The van der Waals surface area contributed by atoms with Gasteiger partial charge in [-0.15, -0.1) is 0 Å². The van der Waals surface area contributed by atoms with Crippen molar-refractivity contribution in [3.63, 3.8) is 0 Å². The Morgan fingerprint density at radius 3 is 2.68 bits per heavy atom. The van der Waals surface area contributed by atoms with Gasteiger partial charge < -0.3 is 24.6 Å². The first-order valence-electron chi connectivity index (χ1n) is 14.2. The number of fused-ring (bicyclic) bond motifs is 1. The quantitative estimate of drug-likeness (QED) is 0.334. The van der Waals surface area contributed by atoms with Crippen molar-refractivity contribution in [2.24, 2.45) is 0 Å². The Hall–Kier alpha value is -3.11. The number of nitrogens with one attached hydrogen (secondary N) is 1. The Labute approximate surface area is 221 Å². The summed E-state index contributed by atoms with van der Waals surface area (Å²) in [6, 6.07) is 5.09. The van der Waals surface area contributed by atoms with Crippen LogP contribution in [-0.2, 0) is 10.7 Å². The number of hydrogen-bond acceptors (Lipinski definition) is 7. The lowest BCUT2D eigenvalue weighted by atomic mass is 9.91. The summed E-state index contributed by atoms with van der Waals surface area (Å²) in [7, 11) is -2.89. The predicted molar refractivity (Wildman–Crippen MR) is 134 cm³/mol. The van der Waals surface area contributed by atoms with Crippen molar-refractivity contribution in [2.45, 2.75) is 64.2 Å². The fourth-order valence-corrected chi connectivity index (χ4v) is 3.76. The first-order chi connectivity index (χ1) is 19.3. The zero-order valence-electron chi connectivity index (χ0n) is 25.9. The van der Waals surface area contributed by atoms with Crippen LogP contribution >= 0.6 is 0 Å². The van der Waals surface area contributed by atoms with Gasteiger partial charge in [-0.05, 0) is 52.7 Å². The van der Waals surface area contributed by atoms with Gasteiger partial charge in [0.15, 0.2) is 11.5 Å². The highest BCUT2D eigenvalue weighted by Crippen LogP contribution is 2.42. The van der Waals surface area contributed by atoms with Crippen LogP contribution in [-0.4, -0.2) is 47.0 Å². The standard InChI is InChI=1S/C27H32F3N3O4/c1-15(18-7-6-8-20(24(18)28)27(29,30)26(3,4)34)31-25-19-13-23(37-12-11-36-17-9-10-17)22(35-5)14-21(19)32-16(2)33-25/h6-8,13-15,17,34H,9-12H2,1-5H3,(H,31,32,33)/t15-/m1/s1/i5D3,12D2. The van der Waals surface area contributed by atoms with E-state index in [0.717, 1.165) is 32.8 Å². The summed E-state index contributed by atoms with van der Waals surface area (Å²) in [6.45, 7) is 2.08. The van der Waals surface area contributed by atoms with Crippen molar-refractivity contribution < 1.29 is 39.3 Å². The number of aromatic nitrogens is 2. The lowest BCUT2D eigenvalue weighted by molar-refractivity contribution is -0.170. The topological polar surface area (TPSA) is 85.7 Å². The zero-order valence-corrected chi connectivity index (χ0v) is 20.9. The first kappa shape index (κ1) is 20.9. The van der Waals surface area contributed by atoms with Crippen molar-refractivity contribution in [3.8, 4) is 11.5 Å². The minimum atomic E-state index is -3.89. The van der Waals surface area contributed by atoms with E-state index in [-0.39, 0.29) is 45.7 Å². The molecule has 4 rings (SSSR count). The van der Waals surface area contributed by atoms with E-state index in [9.17, 15) is 13.9 Å². The van der Waals surface area contributed by atoms with E-state index in [1.807, 2.05) is 0 Å². The summed E-state index contributed by atoms with van der Waals surface area (Å²) < 4.78 is 100. The van der Waals surface area contributed by atoms with Crippen LogP contribution in [0.4, 0.5) is 19.0 Å². The molecule has 1 fully saturated rings. The minimum absolute atomic E-state index is 0.0608. The number of alkyl halides is 2. The Morgan fingerprint density at radius 1 is 1.24 bits per heavy atom. The average molecular weight is 525 g/mol. The van der Waals surface area contributed by atoms with E-state index in [1.165, 1.54) is 31.2 Å².